The standard InChI is InChI=1S/C24H39N5O3.HI/c1-18(19-9-7-6-8-10-19)28-24(11-13-31-14-12-24)17-26-21(25-5)27-20-15-29(16-20)22(30)32-23(2,3)4;/h6-10,18,20,28H,11-17H2,1-5H3,(H2,25,26,27);1H. The fourth-order valence-electron chi connectivity index (χ4n) is 4.10. The summed E-state index contributed by atoms with van der Waals surface area (Å²) in [6, 6.07) is 10.9. The average Bonchev–Trinajstić information content (AvgIpc) is 2.72. The molecule has 2 saturated heterocycles. The Labute approximate surface area is 215 Å². The minimum atomic E-state index is -0.477. The van der Waals surface area contributed by atoms with Gasteiger partial charge in [0.2, 0.25) is 0 Å². The second-order valence-corrected chi connectivity index (χ2v) is 9.82. The Balaban J connectivity index is 0.00000385. The van der Waals surface area contributed by atoms with Gasteiger partial charge in [0, 0.05) is 51.5 Å². The van der Waals surface area contributed by atoms with Gasteiger partial charge in [0.15, 0.2) is 5.96 Å². The van der Waals surface area contributed by atoms with Crippen molar-refractivity contribution >= 4 is 36.0 Å². The zero-order valence-corrected chi connectivity index (χ0v) is 22.8. The normalized spacial score (nSPS) is 19.7. The number of aliphatic imine (C=N–C) groups is 1. The first kappa shape index (κ1) is 27.7. The number of nitrogens with zero attached hydrogens (tertiary/aromatic N) is 2. The van der Waals surface area contributed by atoms with E-state index < -0.39 is 5.60 Å². The molecule has 8 nitrogen and oxygen atoms in total. The van der Waals surface area contributed by atoms with Gasteiger partial charge in [-0.3, -0.25) is 4.99 Å². The molecule has 3 rings (SSSR count). The highest BCUT2D eigenvalue weighted by Gasteiger charge is 2.36. The van der Waals surface area contributed by atoms with E-state index in [-0.39, 0.29) is 47.7 Å². The summed E-state index contributed by atoms with van der Waals surface area (Å²) in [5, 5.41) is 10.8. The Hall–Kier alpha value is -1.59. The molecule has 3 N–H and O–H groups in total. The number of carbonyl (C=O) groups excluding carboxylic acids is 1. The minimum absolute atomic E-state index is 0. The molecule has 0 bridgehead atoms. The molecule has 2 aliphatic rings. The largest absolute Gasteiger partial charge is 0.444 e. The third-order valence-electron chi connectivity index (χ3n) is 5.96. The zero-order chi connectivity index (χ0) is 23.2. The number of hydrogen-bond donors (Lipinski definition) is 3. The lowest BCUT2D eigenvalue weighted by Crippen LogP contribution is -2.64. The van der Waals surface area contributed by atoms with Crippen LogP contribution in [0.25, 0.3) is 0 Å². The van der Waals surface area contributed by atoms with Crippen molar-refractivity contribution in [3.63, 3.8) is 0 Å². The summed E-state index contributed by atoms with van der Waals surface area (Å²) < 4.78 is 11.1. The van der Waals surface area contributed by atoms with Crippen molar-refractivity contribution in [1.82, 2.24) is 20.9 Å². The second kappa shape index (κ2) is 12.2. The molecule has 9 heteroatoms. The molecule has 1 amide bonds. The van der Waals surface area contributed by atoms with Crippen molar-refractivity contribution in [3.8, 4) is 0 Å². The fraction of sp³-hybridized carbons (Fsp3) is 0.667. The molecule has 2 fully saturated rings. The van der Waals surface area contributed by atoms with E-state index in [1.54, 1.807) is 11.9 Å². The number of carbonyl (C=O) groups is 1. The highest BCUT2D eigenvalue weighted by Crippen LogP contribution is 2.25. The number of likely N-dealkylation sites (tertiary alicyclic amines) is 1. The summed E-state index contributed by atoms with van der Waals surface area (Å²) in [5.74, 6) is 0.749. The maximum atomic E-state index is 12.1. The van der Waals surface area contributed by atoms with E-state index in [1.807, 2.05) is 26.8 Å². The van der Waals surface area contributed by atoms with E-state index in [4.69, 9.17) is 9.47 Å². The quantitative estimate of drug-likeness (QED) is 0.275. The smallest absolute Gasteiger partial charge is 0.410 e. The first-order chi connectivity index (χ1) is 15.2. The van der Waals surface area contributed by atoms with Crippen LogP contribution in [-0.4, -0.2) is 74.0 Å². The number of rotatable bonds is 6. The average molecular weight is 574 g/mol. The highest BCUT2D eigenvalue weighted by molar-refractivity contribution is 14.0. The van der Waals surface area contributed by atoms with Gasteiger partial charge in [0.05, 0.1) is 6.04 Å². The summed E-state index contributed by atoms with van der Waals surface area (Å²) >= 11 is 0. The third kappa shape index (κ3) is 8.29. The molecule has 1 unspecified atom stereocenters. The molecular formula is C24H40IN5O3. The number of halogens is 1. The lowest BCUT2D eigenvalue weighted by atomic mass is 9.88. The van der Waals surface area contributed by atoms with Crippen LogP contribution in [0, 0.1) is 0 Å². The molecule has 0 aromatic heterocycles. The predicted octanol–water partition coefficient (Wildman–Crippen LogP) is 3.29. The number of nitrogens with one attached hydrogen (secondary N) is 3. The number of guanidine groups is 1. The summed E-state index contributed by atoms with van der Waals surface area (Å²) in [7, 11) is 1.77. The molecule has 33 heavy (non-hydrogen) atoms. The van der Waals surface area contributed by atoms with Crippen LogP contribution < -0.4 is 16.0 Å². The lowest BCUT2D eigenvalue weighted by Gasteiger charge is -2.42. The van der Waals surface area contributed by atoms with Crippen molar-refractivity contribution in [1.29, 1.82) is 0 Å². The first-order valence-electron chi connectivity index (χ1n) is 11.6. The van der Waals surface area contributed by atoms with E-state index in [0.717, 1.165) is 38.6 Å². The van der Waals surface area contributed by atoms with Gasteiger partial charge in [-0.25, -0.2) is 4.79 Å². The molecule has 0 spiro atoms. The second-order valence-electron chi connectivity index (χ2n) is 9.82. The van der Waals surface area contributed by atoms with Gasteiger partial charge in [-0.15, -0.1) is 24.0 Å². The predicted molar refractivity (Wildman–Crippen MR) is 142 cm³/mol. The van der Waals surface area contributed by atoms with Gasteiger partial charge in [-0.2, -0.15) is 0 Å². The fourth-order valence-corrected chi connectivity index (χ4v) is 4.10. The van der Waals surface area contributed by atoms with Gasteiger partial charge in [0.25, 0.3) is 0 Å². The molecule has 1 aromatic carbocycles. The Morgan fingerprint density at radius 1 is 1.24 bits per heavy atom. The first-order valence-corrected chi connectivity index (χ1v) is 11.6. The van der Waals surface area contributed by atoms with Gasteiger partial charge in [0.1, 0.15) is 5.60 Å². The van der Waals surface area contributed by atoms with E-state index >= 15 is 0 Å². The number of ether oxygens (including phenoxy) is 2. The molecule has 0 aliphatic carbocycles. The van der Waals surface area contributed by atoms with Crippen molar-refractivity contribution in [2.45, 2.75) is 63.8 Å². The number of amides is 1. The van der Waals surface area contributed by atoms with Crippen molar-refractivity contribution < 1.29 is 14.3 Å². The molecular weight excluding hydrogens is 533 g/mol. The van der Waals surface area contributed by atoms with Crippen LogP contribution in [-0.2, 0) is 9.47 Å². The summed E-state index contributed by atoms with van der Waals surface area (Å²) in [6.07, 6.45) is 1.60. The van der Waals surface area contributed by atoms with Crippen LogP contribution in [0.15, 0.2) is 35.3 Å². The van der Waals surface area contributed by atoms with E-state index in [0.29, 0.717) is 13.1 Å². The summed E-state index contributed by atoms with van der Waals surface area (Å²) in [5.41, 5.74) is 0.722. The van der Waals surface area contributed by atoms with Crippen molar-refractivity contribution in [2.75, 3.05) is 39.9 Å². The van der Waals surface area contributed by atoms with E-state index in [1.165, 1.54) is 5.56 Å². The zero-order valence-electron chi connectivity index (χ0n) is 20.5. The van der Waals surface area contributed by atoms with E-state index in [2.05, 4.69) is 52.1 Å². The molecule has 2 aliphatic heterocycles. The Bertz CT molecular complexity index is 772. The maximum Gasteiger partial charge on any atom is 0.410 e. The monoisotopic (exact) mass is 573 g/mol. The van der Waals surface area contributed by atoms with Crippen LogP contribution in [0.1, 0.15) is 52.1 Å². The Kier molecular flexibility index (Phi) is 10.2. The molecule has 1 aromatic rings. The summed E-state index contributed by atoms with van der Waals surface area (Å²) in [6.45, 7) is 11.3. The molecule has 2 heterocycles. The van der Waals surface area contributed by atoms with Crippen molar-refractivity contribution in [3.05, 3.63) is 35.9 Å². The van der Waals surface area contributed by atoms with Crippen molar-refractivity contribution in [2.24, 2.45) is 4.99 Å². The highest BCUT2D eigenvalue weighted by atomic mass is 127. The van der Waals surface area contributed by atoms with E-state index in [9.17, 15) is 4.79 Å². The molecule has 1 atom stereocenters. The Morgan fingerprint density at radius 2 is 1.88 bits per heavy atom. The molecule has 0 saturated carbocycles. The molecule has 186 valence electrons. The van der Waals surface area contributed by atoms with Crippen LogP contribution in [0.5, 0.6) is 0 Å². The number of hydrogen-bond acceptors (Lipinski definition) is 5. The van der Waals surface area contributed by atoms with Gasteiger partial charge >= 0.3 is 6.09 Å². The van der Waals surface area contributed by atoms with Crippen LogP contribution in [0.2, 0.25) is 0 Å². The third-order valence-corrected chi connectivity index (χ3v) is 5.96. The molecule has 0 radical (unpaired) electrons. The van der Waals surface area contributed by atoms with Gasteiger partial charge < -0.3 is 30.3 Å². The topological polar surface area (TPSA) is 87.2 Å². The maximum absolute atomic E-state index is 12.1. The van der Waals surface area contributed by atoms with Crippen LogP contribution in [0.4, 0.5) is 4.79 Å². The van der Waals surface area contributed by atoms with Crippen LogP contribution >= 0.6 is 24.0 Å². The Morgan fingerprint density at radius 3 is 2.45 bits per heavy atom. The SMILES string of the molecule is CN=C(NCC1(NC(C)c2ccccc2)CCOCC1)NC1CN(C(=O)OC(C)(C)C)C1.I. The van der Waals surface area contributed by atoms with Crippen LogP contribution in [0.3, 0.4) is 0 Å². The number of benzene rings is 1. The van der Waals surface area contributed by atoms with Gasteiger partial charge in [-0.1, -0.05) is 30.3 Å². The summed E-state index contributed by atoms with van der Waals surface area (Å²) in [4.78, 5) is 18.2. The van der Waals surface area contributed by atoms with Gasteiger partial charge in [-0.05, 0) is 46.1 Å². The lowest BCUT2D eigenvalue weighted by molar-refractivity contribution is 0.00698. The minimum Gasteiger partial charge on any atom is -0.444 e.